The highest BCUT2D eigenvalue weighted by atomic mass is 35.5. The van der Waals surface area contributed by atoms with Gasteiger partial charge >= 0.3 is 0 Å². The number of hydrogen-bond acceptors (Lipinski definition) is 2. The van der Waals surface area contributed by atoms with E-state index in [1.807, 2.05) is 24.3 Å². The van der Waals surface area contributed by atoms with Crippen LogP contribution in [0.25, 0.3) is 0 Å². The van der Waals surface area contributed by atoms with Gasteiger partial charge in [0.05, 0.1) is 15.7 Å². The summed E-state index contributed by atoms with van der Waals surface area (Å²) in [5.41, 5.74) is 1.79. The van der Waals surface area contributed by atoms with E-state index in [0.29, 0.717) is 33.0 Å². The summed E-state index contributed by atoms with van der Waals surface area (Å²) in [6, 6.07) is 10.9. The Labute approximate surface area is 159 Å². The predicted octanol–water partition coefficient (Wildman–Crippen LogP) is 6.96. The van der Waals surface area contributed by atoms with Crippen LogP contribution in [0, 0.1) is 0 Å². The quantitative estimate of drug-likeness (QED) is 0.555. The Morgan fingerprint density at radius 2 is 1.70 bits per heavy atom. The molecule has 2 aromatic rings. The number of rotatable bonds is 6. The van der Waals surface area contributed by atoms with Gasteiger partial charge in [-0.1, -0.05) is 70.1 Å². The van der Waals surface area contributed by atoms with Gasteiger partial charge in [-0.05, 0) is 29.8 Å². The molecule has 0 aromatic heterocycles. The molecule has 2 nitrogen and oxygen atoms in total. The van der Waals surface area contributed by atoms with Crippen LogP contribution >= 0.6 is 58.0 Å². The monoisotopic (exact) mass is 409 g/mol. The topological polar surface area (TPSA) is 21.3 Å². The standard InChI is InChI=1S/C16H12Cl5NO/c17-11-3-1-10(2-4-11)9-22-14-7-13(19)15(8-12(14)18)23-6-5-16(20)21/h1-5,7-8,22H,6,9H2. The first-order valence-corrected chi connectivity index (χ1v) is 8.46. The summed E-state index contributed by atoms with van der Waals surface area (Å²) < 4.78 is 5.59. The van der Waals surface area contributed by atoms with E-state index in [0.717, 1.165) is 5.56 Å². The molecule has 122 valence electrons. The average molecular weight is 412 g/mol. The molecule has 0 aliphatic rings. The molecule has 2 rings (SSSR count). The molecule has 1 N–H and O–H groups in total. The summed E-state index contributed by atoms with van der Waals surface area (Å²) in [5.74, 6) is 0.458. The molecule has 7 heteroatoms. The predicted molar refractivity (Wildman–Crippen MR) is 101 cm³/mol. The van der Waals surface area contributed by atoms with Crippen LogP contribution in [0.15, 0.2) is 47.0 Å². The molecule has 0 aliphatic carbocycles. The van der Waals surface area contributed by atoms with E-state index in [1.54, 1.807) is 12.1 Å². The Hall–Kier alpha value is -0.770. The van der Waals surface area contributed by atoms with Gasteiger partial charge in [-0.15, -0.1) is 0 Å². The van der Waals surface area contributed by atoms with Crippen molar-refractivity contribution < 1.29 is 4.74 Å². The normalized spacial score (nSPS) is 10.3. The molecule has 0 heterocycles. The summed E-state index contributed by atoms with van der Waals surface area (Å²) in [6.45, 7) is 0.800. The summed E-state index contributed by atoms with van der Waals surface area (Å²) in [5, 5.41) is 4.86. The minimum Gasteiger partial charge on any atom is -0.488 e. The van der Waals surface area contributed by atoms with Crippen LogP contribution in [-0.2, 0) is 6.54 Å². The van der Waals surface area contributed by atoms with Gasteiger partial charge in [-0.3, -0.25) is 0 Å². The van der Waals surface area contributed by atoms with Crippen LogP contribution < -0.4 is 10.1 Å². The summed E-state index contributed by atoms with van der Waals surface area (Å²) in [7, 11) is 0. The van der Waals surface area contributed by atoms with Gasteiger partial charge in [0.15, 0.2) is 0 Å². The first-order valence-electron chi connectivity index (χ1n) is 6.57. The lowest BCUT2D eigenvalue weighted by molar-refractivity contribution is 0.363. The molecule has 0 bridgehead atoms. The van der Waals surface area contributed by atoms with Gasteiger partial charge in [-0.25, -0.2) is 0 Å². The molecule has 0 atom stereocenters. The van der Waals surface area contributed by atoms with E-state index in [2.05, 4.69) is 5.32 Å². The van der Waals surface area contributed by atoms with Crippen molar-refractivity contribution in [3.8, 4) is 5.75 Å². The number of halogens is 5. The molecular weight excluding hydrogens is 399 g/mol. The Kier molecular flexibility index (Phi) is 7.19. The van der Waals surface area contributed by atoms with E-state index in [1.165, 1.54) is 6.08 Å². The van der Waals surface area contributed by atoms with Crippen molar-refractivity contribution in [2.24, 2.45) is 0 Å². The molecule has 0 amide bonds. The van der Waals surface area contributed by atoms with Gasteiger partial charge in [0.25, 0.3) is 0 Å². The van der Waals surface area contributed by atoms with Crippen LogP contribution in [0.1, 0.15) is 5.56 Å². The molecule has 2 aromatic carbocycles. The molecule has 0 saturated carbocycles. The number of ether oxygens (including phenoxy) is 1. The van der Waals surface area contributed by atoms with Crippen molar-refractivity contribution in [3.05, 3.63) is 67.6 Å². The molecule has 0 spiro atoms. The number of nitrogens with one attached hydrogen (secondary N) is 1. The molecular formula is C16H12Cl5NO. The van der Waals surface area contributed by atoms with Crippen molar-refractivity contribution in [3.63, 3.8) is 0 Å². The van der Waals surface area contributed by atoms with E-state index in [4.69, 9.17) is 62.7 Å². The third-order valence-electron chi connectivity index (χ3n) is 2.89. The number of anilines is 1. The van der Waals surface area contributed by atoms with Crippen LogP contribution in [0.2, 0.25) is 15.1 Å². The maximum absolute atomic E-state index is 6.24. The largest absolute Gasteiger partial charge is 0.488 e. The molecule has 0 unspecified atom stereocenters. The van der Waals surface area contributed by atoms with Crippen LogP contribution in [0.4, 0.5) is 5.69 Å². The highest BCUT2D eigenvalue weighted by Gasteiger charge is 2.08. The van der Waals surface area contributed by atoms with E-state index in [9.17, 15) is 0 Å². The highest BCUT2D eigenvalue weighted by molar-refractivity contribution is 6.55. The number of hydrogen-bond donors (Lipinski definition) is 1. The van der Waals surface area contributed by atoms with Crippen molar-refractivity contribution in [2.75, 3.05) is 11.9 Å². The minimum absolute atomic E-state index is 0.133. The molecule has 0 aliphatic heterocycles. The van der Waals surface area contributed by atoms with Crippen molar-refractivity contribution in [1.82, 2.24) is 0 Å². The second kappa shape index (κ2) is 8.91. The molecule has 0 saturated heterocycles. The second-order valence-corrected chi connectivity index (χ2v) is 6.81. The fourth-order valence-electron chi connectivity index (χ4n) is 1.77. The van der Waals surface area contributed by atoms with E-state index >= 15 is 0 Å². The van der Waals surface area contributed by atoms with Crippen molar-refractivity contribution in [1.29, 1.82) is 0 Å². The van der Waals surface area contributed by atoms with Crippen molar-refractivity contribution >= 4 is 63.7 Å². The average Bonchev–Trinajstić information content (AvgIpc) is 2.50. The maximum atomic E-state index is 6.24. The first kappa shape index (κ1) is 18.6. The minimum atomic E-state index is 0.133. The lowest BCUT2D eigenvalue weighted by atomic mass is 10.2. The van der Waals surface area contributed by atoms with Gasteiger partial charge in [-0.2, -0.15) is 0 Å². The second-order valence-electron chi connectivity index (χ2n) is 4.55. The van der Waals surface area contributed by atoms with Crippen LogP contribution in [0.5, 0.6) is 5.75 Å². The molecule has 0 radical (unpaired) electrons. The summed E-state index contributed by atoms with van der Waals surface area (Å²) in [6.07, 6.45) is 1.51. The van der Waals surface area contributed by atoms with Gasteiger partial charge in [0, 0.05) is 17.6 Å². The molecule has 23 heavy (non-hydrogen) atoms. The summed E-state index contributed by atoms with van der Waals surface area (Å²) >= 11 is 29.3. The fraction of sp³-hybridized carbons (Fsp3) is 0.125. The SMILES string of the molecule is ClC(Cl)=CCOc1cc(Cl)c(NCc2ccc(Cl)cc2)cc1Cl. The third kappa shape index (κ3) is 5.98. The van der Waals surface area contributed by atoms with Crippen LogP contribution in [-0.4, -0.2) is 6.61 Å². The number of benzene rings is 2. The Balaban J connectivity index is 2.04. The fourth-order valence-corrected chi connectivity index (χ4v) is 2.46. The van der Waals surface area contributed by atoms with Gasteiger partial charge in [0.1, 0.15) is 16.8 Å². The molecule has 0 fully saturated rings. The first-order chi connectivity index (χ1) is 11.0. The lowest BCUT2D eigenvalue weighted by Gasteiger charge is -2.12. The maximum Gasteiger partial charge on any atom is 0.140 e. The Morgan fingerprint density at radius 3 is 2.35 bits per heavy atom. The van der Waals surface area contributed by atoms with Crippen molar-refractivity contribution in [2.45, 2.75) is 6.54 Å². The third-order valence-corrected chi connectivity index (χ3v) is 4.06. The smallest absolute Gasteiger partial charge is 0.140 e. The highest BCUT2D eigenvalue weighted by Crippen LogP contribution is 2.34. The summed E-state index contributed by atoms with van der Waals surface area (Å²) in [4.78, 5) is 0. The van der Waals surface area contributed by atoms with Gasteiger partial charge < -0.3 is 10.1 Å². The Bertz CT molecular complexity index is 696. The lowest BCUT2D eigenvalue weighted by Crippen LogP contribution is -2.01. The Morgan fingerprint density at radius 1 is 1.00 bits per heavy atom. The van der Waals surface area contributed by atoms with Gasteiger partial charge in [0.2, 0.25) is 0 Å². The van der Waals surface area contributed by atoms with E-state index in [-0.39, 0.29) is 11.1 Å². The zero-order valence-electron chi connectivity index (χ0n) is 11.8. The van der Waals surface area contributed by atoms with E-state index < -0.39 is 0 Å². The van der Waals surface area contributed by atoms with Crippen LogP contribution in [0.3, 0.4) is 0 Å². The zero-order valence-corrected chi connectivity index (χ0v) is 15.5. The zero-order chi connectivity index (χ0) is 16.8.